The summed E-state index contributed by atoms with van der Waals surface area (Å²) in [5.74, 6) is 0.898. The molecule has 0 radical (unpaired) electrons. The number of rotatable bonds is 0. The van der Waals surface area contributed by atoms with E-state index in [1.165, 1.54) is 5.57 Å². The highest BCUT2D eigenvalue weighted by molar-refractivity contribution is 9.12. The highest BCUT2D eigenvalue weighted by Crippen LogP contribution is 2.43. The summed E-state index contributed by atoms with van der Waals surface area (Å²) in [6.45, 7) is 0. The molecule has 1 aliphatic carbocycles. The van der Waals surface area contributed by atoms with Crippen molar-refractivity contribution in [3.8, 4) is 5.75 Å². The van der Waals surface area contributed by atoms with Crippen LogP contribution in [-0.2, 0) is 0 Å². The zero-order valence-electron chi connectivity index (χ0n) is 8.88. The Morgan fingerprint density at radius 3 is 3.12 bits per heavy atom. The van der Waals surface area contributed by atoms with E-state index in [-0.39, 0.29) is 12.1 Å². The Bertz CT molecular complexity index is 591. The number of nitrogens with zero attached hydrogens (tertiary/aromatic N) is 2. The van der Waals surface area contributed by atoms with E-state index < -0.39 is 0 Å². The van der Waals surface area contributed by atoms with Crippen molar-refractivity contribution in [2.24, 2.45) is 5.10 Å². The van der Waals surface area contributed by atoms with E-state index in [0.29, 0.717) is 0 Å². The first-order valence-corrected chi connectivity index (χ1v) is 6.31. The quantitative estimate of drug-likeness (QED) is 0.733. The fourth-order valence-electron chi connectivity index (χ4n) is 2.51. The third-order valence-corrected chi connectivity index (χ3v) is 4.02. The first kappa shape index (κ1) is 9.48. The molecule has 0 amide bonds. The van der Waals surface area contributed by atoms with Gasteiger partial charge in [0.25, 0.3) is 0 Å². The number of hydrogen-bond acceptors (Lipinski definition) is 3. The van der Waals surface area contributed by atoms with Crippen LogP contribution in [0.1, 0.15) is 0 Å². The van der Waals surface area contributed by atoms with Crippen LogP contribution in [0.3, 0.4) is 0 Å². The lowest BCUT2D eigenvalue weighted by atomic mass is 9.95. The number of allylic oxidation sites excluding steroid dienone is 2. The van der Waals surface area contributed by atoms with Gasteiger partial charge in [0.1, 0.15) is 23.6 Å². The Labute approximate surface area is 107 Å². The molecule has 0 bridgehead atoms. The van der Waals surface area contributed by atoms with Gasteiger partial charge in [-0.15, -0.1) is 0 Å². The summed E-state index contributed by atoms with van der Waals surface area (Å²) in [6.07, 6.45) is 6.08. The fourth-order valence-corrected chi connectivity index (χ4v) is 3.00. The van der Waals surface area contributed by atoms with Crippen LogP contribution in [0.15, 0.2) is 51.6 Å². The zero-order valence-corrected chi connectivity index (χ0v) is 10.5. The molecule has 0 N–H and O–H groups in total. The van der Waals surface area contributed by atoms with Gasteiger partial charge in [-0.1, -0.05) is 28.1 Å². The molecule has 3 nitrogen and oxygen atoms in total. The minimum Gasteiger partial charge on any atom is -0.481 e. The maximum absolute atomic E-state index is 6.00. The summed E-state index contributed by atoms with van der Waals surface area (Å²) in [6, 6.07) is 8.19. The maximum atomic E-state index is 6.00. The van der Waals surface area contributed by atoms with Crippen LogP contribution in [0.2, 0.25) is 0 Å². The molecular formula is C13H9BrN2O. The van der Waals surface area contributed by atoms with Crippen molar-refractivity contribution in [1.29, 1.82) is 0 Å². The van der Waals surface area contributed by atoms with Gasteiger partial charge in [-0.3, -0.25) is 5.01 Å². The van der Waals surface area contributed by atoms with Crippen LogP contribution in [0.4, 0.5) is 5.69 Å². The van der Waals surface area contributed by atoms with Crippen molar-refractivity contribution in [1.82, 2.24) is 0 Å². The number of hydrazone groups is 1. The first-order valence-electron chi connectivity index (χ1n) is 5.51. The monoisotopic (exact) mass is 288 g/mol. The molecule has 2 unspecified atom stereocenters. The number of benzene rings is 1. The molecule has 17 heavy (non-hydrogen) atoms. The molecule has 2 atom stereocenters. The van der Waals surface area contributed by atoms with Crippen molar-refractivity contribution in [2.45, 2.75) is 12.1 Å². The van der Waals surface area contributed by atoms with Crippen molar-refractivity contribution < 1.29 is 4.74 Å². The second kappa shape index (κ2) is 3.23. The summed E-state index contributed by atoms with van der Waals surface area (Å²) in [5, 5.41) is 6.54. The molecular weight excluding hydrogens is 280 g/mol. The number of para-hydroxylation sites is 2. The Hall–Kier alpha value is -1.55. The van der Waals surface area contributed by atoms with Crippen LogP contribution in [0, 0.1) is 0 Å². The second-order valence-corrected chi connectivity index (χ2v) is 5.10. The Balaban J connectivity index is 1.92. The van der Waals surface area contributed by atoms with Gasteiger partial charge in [-0.2, -0.15) is 5.10 Å². The fraction of sp³-hybridized carbons (Fsp3) is 0.154. The highest BCUT2D eigenvalue weighted by atomic mass is 79.9. The lowest BCUT2D eigenvalue weighted by Crippen LogP contribution is -2.46. The Morgan fingerprint density at radius 2 is 2.18 bits per heavy atom. The van der Waals surface area contributed by atoms with Crippen LogP contribution in [0.5, 0.6) is 5.75 Å². The summed E-state index contributed by atoms with van der Waals surface area (Å²) in [7, 11) is 0. The highest BCUT2D eigenvalue weighted by Gasteiger charge is 2.42. The maximum Gasteiger partial charge on any atom is 0.145 e. The minimum atomic E-state index is 0.0451. The van der Waals surface area contributed by atoms with Gasteiger partial charge in [0.15, 0.2) is 0 Å². The van der Waals surface area contributed by atoms with E-state index in [9.17, 15) is 0 Å². The SMILES string of the molecule is BrC1=C2C=NN3c4ccccc4OC(C=C1)C23. The molecule has 4 heteroatoms. The van der Waals surface area contributed by atoms with Crippen molar-refractivity contribution in [2.75, 3.05) is 5.01 Å². The van der Waals surface area contributed by atoms with Crippen molar-refractivity contribution >= 4 is 27.8 Å². The molecule has 84 valence electrons. The molecule has 3 aliphatic rings. The molecule has 0 saturated carbocycles. The summed E-state index contributed by atoms with van der Waals surface area (Å²) < 4.78 is 7.09. The molecule has 0 fully saturated rings. The van der Waals surface area contributed by atoms with E-state index in [4.69, 9.17) is 4.74 Å². The van der Waals surface area contributed by atoms with Crippen molar-refractivity contribution in [3.63, 3.8) is 0 Å². The van der Waals surface area contributed by atoms with Crippen LogP contribution in [-0.4, -0.2) is 18.4 Å². The van der Waals surface area contributed by atoms with E-state index >= 15 is 0 Å². The van der Waals surface area contributed by atoms with Crippen LogP contribution >= 0.6 is 15.9 Å². The molecule has 0 spiro atoms. The molecule has 1 aromatic rings. The molecule has 0 saturated heterocycles. The number of hydrogen-bond donors (Lipinski definition) is 0. The topological polar surface area (TPSA) is 24.8 Å². The van der Waals surface area contributed by atoms with E-state index in [2.05, 4.69) is 27.1 Å². The van der Waals surface area contributed by atoms with Gasteiger partial charge in [-0.05, 0) is 24.3 Å². The average Bonchev–Trinajstić information content (AvgIpc) is 2.80. The van der Waals surface area contributed by atoms with Crippen molar-refractivity contribution in [3.05, 3.63) is 46.5 Å². The number of anilines is 1. The summed E-state index contributed by atoms with van der Waals surface area (Å²) >= 11 is 3.56. The van der Waals surface area contributed by atoms with Crippen LogP contribution in [0.25, 0.3) is 0 Å². The van der Waals surface area contributed by atoms with Gasteiger partial charge < -0.3 is 4.74 Å². The lowest BCUT2D eigenvalue weighted by molar-refractivity contribution is 0.212. The van der Waals surface area contributed by atoms with Gasteiger partial charge in [-0.25, -0.2) is 0 Å². The first-order chi connectivity index (χ1) is 8.34. The number of fused-ring (bicyclic) bond motifs is 2. The van der Waals surface area contributed by atoms with Gasteiger partial charge in [0, 0.05) is 10.1 Å². The average molecular weight is 289 g/mol. The summed E-state index contributed by atoms with van der Waals surface area (Å²) in [5.41, 5.74) is 2.22. The second-order valence-electron chi connectivity index (χ2n) is 4.25. The van der Waals surface area contributed by atoms with E-state index in [1.54, 1.807) is 0 Å². The molecule has 2 heterocycles. The van der Waals surface area contributed by atoms with Gasteiger partial charge in [0.2, 0.25) is 0 Å². The molecule has 2 aliphatic heterocycles. The van der Waals surface area contributed by atoms with Gasteiger partial charge in [0.05, 0.1) is 6.21 Å². The molecule has 1 aromatic carbocycles. The summed E-state index contributed by atoms with van der Waals surface area (Å²) in [4.78, 5) is 0. The van der Waals surface area contributed by atoms with E-state index in [1.807, 2.05) is 41.6 Å². The van der Waals surface area contributed by atoms with Crippen LogP contribution < -0.4 is 9.75 Å². The molecule has 4 rings (SSSR count). The third-order valence-electron chi connectivity index (χ3n) is 3.30. The third kappa shape index (κ3) is 1.19. The normalized spacial score (nSPS) is 27.9. The minimum absolute atomic E-state index is 0.0451. The predicted octanol–water partition coefficient (Wildman–Crippen LogP) is 2.84. The lowest BCUT2D eigenvalue weighted by Gasteiger charge is -2.38. The smallest absolute Gasteiger partial charge is 0.145 e. The Kier molecular flexibility index (Phi) is 1.80. The largest absolute Gasteiger partial charge is 0.481 e. The Morgan fingerprint density at radius 1 is 1.29 bits per heavy atom. The molecule has 0 aromatic heterocycles. The standard InChI is InChI=1S/C13H9BrN2O/c14-9-5-6-12-13-8(9)7-15-16(13)10-3-1-2-4-11(10)17-12/h1-7,12-13H. The van der Waals surface area contributed by atoms with Gasteiger partial charge >= 0.3 is 0 Å². The number of ether oxygens (including phenoxy) is 1. The number of halogens is 1. The predicted molar refractivity (Wildman–Crippen MR) is 70.7 cm³/mol. The van der Waals surface area contributed by atoms with E-state index in [0.717, 1.165) is 15.9 Å². The zero-order chi connectivity index (χ0) is 11.4.